The van der Waals surface area contributed by atoms with Crippen LogP contribution in [0, 0.1) is 5.41 Å². The van der Waals surface area contributed by atoms with Crippen LogP contribution in [-0.2, 0) is 0 Å². The number of ketones is 1. The lowest BCUT2D eigenvalue weighted by atomic mass is 9.80. The summed E-state index contributed by atoms with van der Waals surface area (Å²) in [4.78, 5) is 12.9. The van der Waals surface area contributed by atoms with E-state index in [2.05, 4.69) is 0 Å². The predicted octanol–water partition coefficient (Wildman–Crippen LogP) is 4.44. The fourth-order valence-electron chi connectivity index (χ4n) is 3.36. The minimum Gasteiger partial charge on any atom is -0.504 e. The van der Waals surface area contributed by atoms with Gasteiger partial charge in [-0.1, -0.05) is 48.5 Å². The van der Waals surface area contributed by atoms with E-state index in [0.29, 0.717) is 11.3 Å². The average Bonchev–Trinajstić information content (AvgIpc) is 2.71. The predicted molar refractivity (Wildman–Crippen MR) is 105 cm³/mol. The summed E-state index contributed by atoms with van der Waals surface area (Å²) in [5, 5.41) is 18.3. The van der Waals surface area contributed by atoms with Gasteiger partial charge >= 0.3 is 0 Å². The number of allylic oxidation sites excluding steroid dienone is 1. The van der Waals surface area contributed by atoms with E-state index < -0.39 is 0 Å². The maximum Gasteiger partial charge on any atom is 0.186 e. The molecule has 27 heavy (non-hydrogen) atoms. The van der Waals surface area contributed by atoms with E-state index in [0.717, 1.165) is 27.8 Å². The molecule has 4 heteroatoms. The molecule has 2 N–H and O–H groups in total. The number of phenolic OH excluding ortho intramolecular Hbond substituents is 1. The highest BCUT2D eigenvalue weighted by Gasteiger charge is 2.24. The van der Waals surface area contributed by atoms with E-state index in [1.807, 2.05) is 48.5 Å². The Kier molecular flexibility index (Phi) is 4.09. The first-order valence-electron chi connectivity index (χ1n) is 8.51. The van der Waals surface area contributed by atoms with Gasteiger partial charge < -0.3 is 9.84 Å². The zero-order valence-corrected chi connectivity index (χ0v) is 14.7. The van der Waals surface area contributed by atoms with Crippen molar-refractivity contribution in [3.63, 3.8) is 0 Å². The van der Waals surface area contributed by atoms with E-state index in [1.165, 1.54) is 19.2 Å². The van der Waals surface area contributed by atoms with Gasteiger partial charge in [0.05, 0.1) is 12.8 Å². The summed E-state index contributed by atoms with van der Waals surface area (Å²) in [5.41, 5.74) is 5.00. The Morgan fingerprint density at radius 3 is 2.04 bits per heavy atom. The number of aromatic hydroxyl groups is 1. The number of hydrogen-bond donors (Lipinski definition) is 2. The highest BCUT2D eigenvalue weighted by molar-refractivity contribution is 6.22. The SMILES string of the molecule is COc1cc(C(=O)C=C2c3ccccc3C(=N)c3ccccc32)ccc1O. The van der Waals surface area contributed by atoms with Crippen molar-refractivity contribution >= 4 is 17.1 Å². The largest absolute Gasteiger partial charge is 0.504 e. The number of ether oxygens (including phenoxy) is 1. The molecule has 3 aromatic rings. The first kappa shape index (κ1) is 16.8. The molecule has 1 aliphatic carbocycles. The van der Waals surface area contributed by atoms with Gasteiger partial charge in [0.25, 0.3) is 0 Å². The zero-order valence-electron chi connectivity index (χ0n) is 14.7. The number of hydrogen-bond acceptors (Lipinski definition) is 4. The molecule has 0 bridgehead atoms. The lowest BCUT2D eigenvalue weighted by Crippen LogP contribution is -2.15. The molecule has 0 spiro atoms. The summed E-state index contributed by atoms with van der Waals surface area (Å²) in [7, 11) is 1.45. The molecule has 132 valence electrons. The fraction of sp³-hybridized carbons (Fsp3) is 0.0435. The average molecular weight is 355 g/mol. The quantitative estimate of drug-likeness (QED) is 0.421. The van der Waals surface area contributed by atoms with Crippen molar-refractivity contribution in [2.75, 3.05) is 7.11 Å². The molecule has 0 aliphatic heterocycles. The molecule has 0 saturated heterocycles. The van der Waals surface area contributed by atoms with Crippen LogP contribution in [0.3, 0.4) is 0 Å². The van der Waals surface area contributed by atoms with Gasteiger partial charge in [0, 0.05) is 16.7 Å². The Labute approximate surface area is 156 Å². The minimum absolute atomic E-state index is 0.0106. The van der Waals surface area contributed by atoms with Crippen LogP contribution < -0.4 is 4.74 Å². The molecule has 0 aromatic heterocycles. The van der Waals surface area contributed by atoms with Gasteiger partial charge in [0.15, 0.2) is 17.3 Å². The lowest BCUT2D eigenvalue weighted by molar-refractivity contribution is 0.104. The number of benzene rings is 3. The van der Waals surface area contributed by atoms with E-state index in [-0.39, 0.29) is 17.3 Å². The molecule has 0 heterocycles. The first-order chi connectivity index (χ1) is 13.1. The fourth-order valence-corrected chi connectivity index (χ4v) is 3.36. The number of nitrogens with one attached hydrogen (secondary N) is 1. The van der Waals surface area contributed by atoms with Crippen molar-refractivity contribution in [2.24, 2.45) is 0 Å². The standard InChI is InChI=1S/C23H17NO3/c1-27-22-12-14(10-11-20(22)25)21(26)13-19-15-6-2-4-8-17(15)23(24)18-9-5-3-7-16(18)19/h2-13,24-25H,1H3. The number of carbonyl (C=O) groups is 1. The van der Waals surface area contributed by atoms with Crippen molar-refractivity contribution in [3.8, 4) is 11.5 Å². The van der Waals surface area contributed by atoms with Gasteiger partial charge in [-0.15, -0.1) is 0 Å². The van der Waals surface area contributed by atoms with Crippen molar-refractivity contribution in [3.05, 3.63) is 101 Å². The molecule has 0 atom stereocenters. The van der Waals surface area contributed by atoms with Crippen molar-refractivity contribution in [2.45, 2.75) is 0 Å². The Morgan fingerprint density at radius 1 is 0.926 bits per heavy atom. The molecule has 0 unspecified atom stereocenters. The summed E-state index contributed by atoms with van der Waals surface area (Å²) in [6.07, 6.45) is 1.59. The Hall–Kier alpha value is -3.66. The molecule has 0 amide bonds. The third kappa shape index (κ3) is 2.81. The third-order valence-corrected chi connectivity index (χ3v) is 4.71. The number of phenols is 1. The second kappa shape index (κ2) is 6.57. The van der Waals surface area contributed by atoms with Gasteiger partial charge in [0.2, 0.25) is 0 Å². The molecule has 0 saturated carbocycles. The molecule has 0 fully saturated rings. The first-order valence-corrected chi connectivity index (χ1v) is 8.51. The van der Waals surface area contributed by atoms with Gasteiger partial charge in [-0.05, 0) is 41.0 Å². The molecular formula is C23H17NO3. The van der Waals surface area contributed by atoms with Crippen LogP contribution in [0.2, 0.25) is 0 Å². The molecule has 1 aliphatic rings. The van der Waals surface area contributed by atoms with Crippen LogP contribution in [0.4, 0.5) is 0 Å². The van der Waals surface area contributed by atoms with Crippen LogP contribution in [0.1, 0.15) is 32.6 Å². The van der Waals surface area contributed by atoms with E-state index >= 15 is 0 Å². The van der Waals surface area contributed by atoms with Crippen LogP contribution in [0.15, 0.2) is 72.8 Å². The molecule has 4 rings (SSSR count). The number of carbonyl (C=O) groups excluding carboxylic acids is 1. The Balaban J connectivity index is 1.87. The van der Waals surface area contributed by atoms with Crippen LogP contribution in [0.25, 0.3) is 5.57 Å². The number of rotatable bonds is 3. The van der Waals surface area contributed by atoms with Crippen LogP contribution in [0.5, 0.6) is 11.5 Å². The van der Waals surface area contributed by atoms with Crippen LogP contribution in [-0.4, -0.2) is 23.7 Å². The highest BCUT2D eigenvalue weighted by atomic mass is 16.5. The summed E-state index contributed by atoms with van der Waals surface area (Å²) in [6.45, 7) is 0. The molecule has 0 radical (unpaired) electrons. The van der Waals surface area contributed by atoms with E-state index in [4.69, 9.17) is 10.1 Å². The second-order valence-electron chi connectivity index (χ2n) is 6.28. The maximum absolute atomic E-state index is 12.9. The smallest absolute Gasteiger partial charge is 0.186 e. The molecular weight excluding hydrogens is 338 g/mol. The maximum atomic E-state index is 12.9. The number of methoxy groups -OCH3 is 1. The summed E-state index contributed by atoms with van der Waals surface area (Å²) in [5.74, 6) is 0.0512. The summed E-state index contributed by atoms with van der Waals surface area (Å²) in [6, 6.07) is 19.8. The Bertz CT molecular complexity index is 1060. The van der Waals surface area contributed by atoms with E-state index in [1.54, 1.807) is 12.1 Å². The normalized spacial score (nSPS) is 12.2. The highest BCUT2D eigenvalue weighted by Crippen LogP contribution is 2.36. The molecule has 4 nitrogen and oxygen atoms in total. The minimum atomic E-state index is -0.193. The van der Waals surface area contributed by atoms with Crippen molar-refractivity contribution in [1.29, 1.82) is 5.41 Å². The Morgan fingerprint density at radius 2 is 1.48 bits per heavy atom. The third-order valence-electron chi connectivity index (χ3n) is 4.71. The number of fused-ring (bicyclic) bond motifs is 2. The van der Waals surface area contributed by atoms with Gasteiger partial charge in [-0.2, -0.15) is 0 Å². The summed E-state index contributed by atoms with van der Waals surface area (Å²) >= 11 is 0. The second-order valence-corrected chi connectivity index (χ2v) is 6.28. The van der Waals surface area contributed by atoms with Gasteiger partial charge in [0.1, 0.15) is 0 Å². The zero-order chi connectivity index (χ0) is 19.0. The van der Waals surface area contributed by atoms with E-state index in [9.17, 15) is 9.90 Å². The van der Waals surface area contributed by atoms with Gasteiger partial charge in [-0.3, -0.25) is 10.2 Å². The van der Waals surface area contributed by atoms with Crippen molar-refractivity contribution < 1.29 is 14.6 Å². The monoisotopic (exact) mass is 355 g/mol. The van der Waals surface area contributed by atoms with Crippen molar-refractivity contribution in [1.82, 2.24) is 0 Å². The lowest BCUT2D eigenvalue weighted by Gasteiger charge is -2.23. The summed E-state index contributed by atoms with van der Waals surface area (Å²) < 4.78 is 5.10. The molecule has 3 aromatic carbocycles. The van der Waals surface area contributed by atoms with Crippen LogP contribution >= 0.6 is 0 Å². The topological polar surface area (TPSA) is 70.4 Å². The van der Waals surface area contributed by atoms with Gasteiger partial charge in [-0.25, -0.2) is 0 Å².